The van der Waals surface area contributed by atoms with Gasteiger partial charge in [-0.15, -0.1) is 0 Å². The molecule has 1 heterocycles. The highest BCUT2D eigenvalue weighted by Crippen LogP contribution is 2.58. The quantitative estimate of drug-likeness (QED) is 0.843. The van der Waals surface area contributed by atoms with Gasteiger partial charge in [-0.2, -0.15) is 5.10 Å². The molecule has 98 valence electrons. The summed E-state index contributed by atoms with van der Waals surface area (Å²) in [5, 5.41) is 7.81. The predicted molar refractivity (Wildman–Crippen MR) is 72.3 cm³/mol. The summed E-state index contributed by atoms with van der Waals surface area (Å²) in [6.45, 7) is 0. The van der Waals surface area contributed by atoms with Crippen LogP contribution in [0.25, 0.3) is 0 Å². The molecule has 3 N–H and O–H groups in total. The number of rotatable bonds is 2. The number of nitrogens with two attached hydrogens (primary N) is 1. The van der Waals surface area contributed by atoms with Gasteiger partial charge in [0.15, 0.2) is 0 Å². The number of aromatic nitrogens is 2. The zero-order valence-electron chi connectivity index (χ0n) is 11.0. The Morgan fingerprint density at radius 3 is 2.33 bits per heavy atom. The number of nitrogens with zero attached hydrogens (tertiary/aromatic N) is 2. The van der Waals surface area contributed by atoms with Crippen LogP contribution in [0.5, 0.6) is 0 Å². The number of nitrogens with one attached hydrogen (secondary N) is 1. The van der Waals surface area contributed by atoms with Gasteiger partial charge in [-0.1, -0.05) is 0 Å². The Bertz CT molecular complexity index is 436. The number of nitrogen functional groups attached to an aromatic ring is 1. The molecule has 4 fully saturated rings. The van der Waals surface area contributed by atoms with Crippen molar-refractivity contribution in [2.45, 2.75) is 38.1 Å². The van der Waals surface area contributed by atoms with Gasteiger partial charge in [0.2, 0.25) is 0 Å². The van der Waals surface area contributed by atoms with E-state index in [1.807, 2.05) is 13.1 Å². The third-order valence-corrected chi connectivity index (χ3v) is 5.47. The summed E-state index contributed by atoms with van der Waals surface area (Å²) in [6, 6.07) is 2.56. The van der Waals surface area contributed by atoms with Crippen LogP contribution >= 0.6 is 0 Å². The summed E-state index contributed by atoms with van der Waals surface area (Å²) >= 11 is 0. The second-order valence-electron chi connectivity index (χ2n) is 6.57. The van der Waals surface area contributed by atoms with E-state index < -0.39 is 0 Å². The molecule has 4 aliphatic rings. The van der Waals surface area contributed by atoms with E-state index in [-0.39, 0.29) is 0 Å². The molecule has 18 heavy (non-hydrogen) atoms. The normalized spacial score (nSPS) is 41.3. The first-order chi connectivity index (χ1) is 8.74. The Morgan fingerprint density at radius 2 is 1.78 bits per heavy atom. The Balaban J connectivity index is 1.72. The van der Waals surface area contributed by atoms with Crippen LogP contribution in [0.3, 0.4) is 0 Å². The first kappa shape index (κ1) is 10.7. The van der Waals surface area contributed by atoms with Gasteiger partial charge in [0.25, 0.3) is 0 Å². The van der Waals surface area contributed by atoms with Crippen molar-refractivity contribution in [3.63, 3.8) is 0 Å². The summed E-state index contributed by atoms with van der Waals surface area (Å²) < 4.78 is 2.20. The predicted octanol–water partition coefficient (Wildman–Crippen LogP) is 2.50. The van der Waals surface area contributed by atoms with Gasteiger partial charge in [0, 0.05) is 13.1 Å². The topological polar surface area (TPSA) is 55.9 Å². The molecule has 0 radical (unpaired) electrons. The van der Waals surface area contributed by atoms with Crippen molar-refractivity contribution in [3.8, 4) is 0 Å². The lowest BCUT2D eigenvalue weighted by molar-refractivity contribution is -0.0327. The van der Waals surface area contributed by atoms with E-state index in [0.29, 0.717) is 11.9 Å². The van der Waals surface area contributed by atoms with E-state index in [1.54, 1.807) is 0 Å². The highest BCUT2D eigenvalue weighted by Gasteiger charge is 2.49. The van der Waals surface area contributed by atoms with Crippen molar-refractivity contribution in [2.24, 2.45) is 23.7 Å². The molecule has 4 nitrogen and oxygen atoms in total. The highest BCUT2D eigenvalue weighted by atomic mass is 15.4. The molecule has 0 aliphatic heterocycles. The third-order valence-electron chi connectivity index (χ3n) is 5.47. The van der Waals surface area contributed by atoms with Gasteiger partial charge < -0.3 is 11.1 Å². The minimum Gasteiger partial charge on any atom is -0.382 e. The summed E-state index contributed by atoms with van der Waals surface area (Å²) in [7, 11) is 1.96. The van der Waals surface area contributed by atoms with Crippen LogP contribution in [0.4, 0.5) is 11.6 Å². The number of hydrogen-bond donors (Lipinski definition) is 2. The second kappa shape index (κ2) is 3.65. The summed E-state index contributed by atoms with van der Waals surface area (Å²) in [6.07, 6.45) is 7.17. The lowest BCUT2D eigenvalue weighted by Gasteiger charge is -2.54. The monoisotopic (exact) mass is 246 g/mol. The lowest BCUT2D eigenvalue weighted by atomic mass is 9.54. The van der Waals surface area contributed by atoms with Crippen molar-refractivity contribution >= 4 is 11.6 Å². The Labute approximate surface area is 108 Å². The van der Waals surface area contributed by atoms with Gasteiger partial charge in [-0.05, 0) is 55.8 Å². The molecule has 0 amide bonds. The van der Waals surface area contributed by atoms with Crippen molar-refractivity contribution in [1.29, 1.82) is 0 Å². The molecule has 4 saturated carbocycles. The van der Waals surface area contributed by atoms with E-state index >= 15 is 0 Å². The van der Waals surface area contributed by atoms with Crippen LogP contribution in [-0.2, 0) is 0 Å². The van der Waals surface area contributed by atoms with Crippen LogP contribution in [0.2, 0.25) is 0 Å². The van der Waals surface area contributed by atoms with E-state index in [0.717, 1.165) is 29.5 Å². The van der Waals surface area contributed by atoms with Crippen molar-refractivity contribution in [1.82, 2.24) is 9.78 Å². The molecule has 0 unspecified atom stereocenters. The maximum Gasteiger partial charge on any atom is 0.147 e. The lowest BCUT2D eigenvalue weighted by Crippen LogP contribution is -2.46. The van der Waals surface area contributed by atoms with Crippen molar-refractivity contribution in [2.75, 3.05) is 18.1 Å². The van der Waals surface area contributed by atoms with E-state index in [4.69, 9.17) is 5.73 Å². The fraction of sp³-hybridized carbons (Fsp3) is 0.786. The summed E-state index contributed by atoms with van der Waals surface area (Å²) in [4.78, 5) is 0. The van der Waals surface area contributed by atoms with Crippen LogP contribution in [0.15, 0.2) is 6.07 Å². The SMILES string of the molecule is CNc1cc(N)nn1C1C2CC3CC(C2)CC1C3. The van der Waals surface area contributed by atoms with E-state index in [2.05, 4.69) is 15.1 Å². The van der Waals surface area contributed by atoms with E-state index in [1.165, 1.54) is 32.1 Å². The molecule has 0 aromatic carbocycles. The van der Waals surface area contributed by atoms with Crippen molar-refractivity contribution in [3.05, 3.63) is 6.07 Å². The first-order valence-corrected chi connectivity index (χ1v) is 7.27. The highest BCUT2D eigenvalue weighted by molar-refractivity contribution is 5.46. The smallest absolute Gasteiger partial charge is 0.147 e. The van der Waals surface area contributed by atoms with Gasteiger partial charge in [-0.25, -0.2) is 4.68 Å². The third kappa shape index (κ3) is 1.41. The summed E-state index contributed by atoms with van der Waals surface area (Å²) in [5.41, 5.74) is 5.88. The fourth-order valence-corrected chi connectivity index (χ4v) is 5.12. The summed E-state index contributed by atoms with van der Waals surface area (Å²) in [5.74, 6) is 5.43. The maximum atomic E-state index is 5.88. The van der Waals surface area contributed by atoms with Gasteiger partial charge in [0.1, 0.15) is 11.6 Å². The van der Waals surface area contributed by atoms with Crippen LogP contribution in [-0.4, -0.2) is 16.8 Å². The molecule has 0 atom stereocenters. The molecule has 5 rings (SSSR count). The molecule has 4 bridgehead atoms. The largest absolute Gasteiger partial charge is 0.382 e. The minimum absolute atomic E-state index is 0.595. The van der Waals surface area contributed by atoms with Gasteiger partial charge >= 0.3 is 0 Å². The Kier molecular flexibility index (Phi) is 2.17. The molecule has 0 saturated heterocycles. The number of hydrogen-bond acceptors (Lipinski definition) is 3. The fourth-order valence-electron chi connectivity index (χ4n) is 5.12. The zero-order chi connectivity index (χ0) is 12.3. The maximum absolute atomic E-state index is 5.88. The molecule has 4 heteroatoms. The molecule has 4 aliphatic carbocycles. The minimum atomic E-state index is 0.595. The number of anilines is 2. The Hall–Kier alpha value is -1.19. The van der Waals surface area contributed by atoms with E-state index in [9.17, 15) is 0 Å². The average molecular weight is 246 g/mol. The van der Waals surface area contributed by atoms with Crippen molar-refractivity contribution < 1.29 is 0 Å². The van der Waals surface area contributed by atoms with Crippen LogP contribution in [0.1, 0.15) is 38.1 Å². The molecule has 1 aromatic heterocycles. The van der Waals surface area contributed by atoms with Gasteiger partial charge in [0.05, 0.1) is 6.04 Å². The van der Waals surface area contributed by atoms with Gasteiger partial charge in [-0.3, -0.25) is 0 Å². The molecule has 1 aromatic rings. The molecular weight excluding hydrogens is 224 g/mol. The first-order valence-electron chi connectivity index (χ1n) is 7.27. The van der Waals surface area contributed by atoms with Crippen LogP contribution in [0, 0.1) is 23.7 Å². The molecular formula is C14H22N4. The second-order valence-corrected chi connectivity index (χ2v) is 6.57. The average Bonchev–Trinajstić information content (AvgIpc) is 2.69. The molecule has 0 spiro atoms. The zero-order valence-corrected chi connectivity index (χ0v) is 11.0. The standard InChI is InChI=1S/C14H22N4/c1-16-13-7-12(15)17-18(13)14-10-3-8-2-9(5-10)6-11(14)4-8/h7-11,14,16H,2-6H2,1H3,(H2,15,17). The Morgan fingerprint density at radius 1 is 1.17 bits per heavy atom. The van der Waals surface area contributed by atoms with Crippen LogP contribution < -0.4 is 11.1 Å².